The smallest absolute Gasteiger partial charge is 0.331 e. The molecule has 0 saturated heterocycles. The van der Waals surface area contributed by atoms with Crippen LogP contribution in [0.2, 0.25) is 0 Å². The molecule has 0 heterocycles. The fraction of sp³-hybridized carbons (Fsp3) is 0.875. The maximum Gasteiger partial charge on any atom is 0.331 e. The first-order valence-corrected chi connectivity index (χ1v) is 12.5. The zero-order chi connectivity index (χ0) is 22.1. The molecule has 0 aromatic carbocycles. The summed E-state index contributed by atoms with van der Waals surface area (Å²) in [6.45, 7) is 8.16. The highest BCUT2D eigenvalue weighted by molar-refractivity contribution is 7.54. The molecule has 0 spiro atoms. The predicted octanol–water partition coefficient (Wildman–Crippen LogP) is 3.63. The average molecular weight is 448 g/mol. The van der Waals surface area contributed by atoms with Gasteiger partial charge in [0.15, 0.2) is 0 Å². The van der Waals surface area contributed by atoms with E-state index in [1.165, 1.54) is 14.2 Å². The van der Waals surface area contributed by atoms with Crippen molar-refractivity contribution in [1.29, 1.82) is 0 Å². The molecule has 0 radical (unpaired) electrons. The number of carbonyl (C=O) groups is 2. The normalized spacial score (nSPS) is 11.4. The van der Waals surface area contributed by atoms with E-state index in [-0.39, 0.29) is 31.1 Å². The quantitative estimate of drug-likeness (QED) is 0.287. The highest BCUT2D eigenvalue weighted by Gasteiger charge is 2.25. The third-order valence-electron chi connectivity index (χ3n) is 3.00. The van der Waals surface area contributed by atoms with Gasteiger partial charge in [0.1, 0.15) is 0 Å². The van der Waals surface area contributed by atoms with Crippen LogP contribution in [0.1, 0.15) is 40.5 Å². The van der Waals surface area contributed by atoms with E-state index < -0.39 is 21.2 Å². The van der Waals surface area contributed by atoms with Gasteiger partial charge in [-0.3, -0.25) is 18.7 Å². The van der Waals surface area contributed by atoms with Crippen molar-refractivity contribution in [3.8, 4) is 0 Å². The van der Waals surface area contributed by atoms with Crippen LogP contribution in [0.3, 0.4) is 0 Å². The van der Waals surface area contributed by atoms with E-state index in [1.54, 1.807) is 27.7 Å². The molecule has 0 aliphatic heterocycles. The molecule has 12 heteroatoms. The zero-order valence-corrected chi connectivity index (χ0v) is 19.4. The van der Waals surface area contributed by atoms with E-state index in [0.717, 1.165) is 0 Å². The number of ether oxygens (including phenoxy) is 2. The summed E-state index contributed by atoms with van der Waals surface area (Å²) >= 11 is 0. The molecule has 0 saturated carbocycles. The van der Waals surface area contributed by atoms with Crippen molar-refractivity contribution in [2.75, 3.05) is 53.0 Å². The number of carbonyl (C=O) groups excluding carboxylic acids is 2. The molecule has 0 aliphatic carbocycles. The molecule has 0 unspecified atom stereocenters. The van der Waals surface area contributed by atoms with Gasteiger partial charge in [0.2, 0.25) is 0 Å². The second-order valence-corrected chi connectivity index (χ2v) is 9.56. The molecule has 168 valence electrons. The van der Waals surface area contributed by atoms with Gasteiger partial charge in [0.05, 0.1) is 51.6 Å². The first kappa shape index (κ1) is 29.4. The van der Waals surface area contributed by atoms with Crippen molar-refractivity contribution in [2.45, 2.75) is 40.5 Å². The van der Waals surface area contributed by atoms with Crippen LogP contribution in [0.4, 0.5) is 0 Å². The fourth-order valence-corrected chi connectivity index (χ4v) is 4.29. The molecule has 0 amide bonds. The Morgan fingerprint density at radius 3 is 1.29 bits per heavy atom. The van der Waals surface area contributed by atoms with E-state index in [2.05, 4.69) is 13.8 Å². The Hall–Kier alpha value is -0.760. The van der Waals surface area contributed by atoms with Crippen molar-refractivity contribution >= 4 is 27.1 Å². The summed E-state index contributed by atoms with van der Waals surface area (Å²) in [5.74, 6) is -0.769. The van der Waals surface area contributed by atoms with Gasteiger partial charge in [-0.25, -0.2) is 0 Å². The number of rotatable bonds is 14. The molecule has 0 fully saturated rings. The van der Waals surface area contributed by atoms with Crippen LogP contribution in [0.25, 0.3) is 0 Å². The molecule has 0 aromatic rings. The van der Waals surface area contributed by atoms with Crippen molar-refractivity contribution in [3.63, 3.8) is 0 Å². The fourth-order valence-electron chi connectivity index (χ4n) is 1.74. The third-order valence-corrected chi connectivity index (χ3v) is 6.96. The summed E-state index contributed by atoms with van der Waals surface area (Å²) in [5.41, 5.74) is 0. The lowest BCUT2D eigenvalue weighted by atomic mass is 10.5. The highest BCUT2D eigenvalue weighted by Crippen LogP contribution is 2.48. The molecule has 0 rings (SSSR count). The predicted molar refractivity (Wildman–Crippen MR) is 105 cm³/mol. The van der Waals surface area contributed by atoms with Crippen LogP contribution < -0.4 is 0 Å². The maximum atomic E-state index is 11.9. The molecular weight excluding hydrogens is 414 g/mol. The lowest BCUT2D eigenvalue weighted by Crippen LogP contribution is -2.08. The zero-order valence-electron chi connectivity index (χ0n) is 17.6. The molecule has 0 bridgehead atoms. The molecule has 0 aliphatic rings. The molecular formula is C16H34O10P2. The van der Waals surface area contributed by atoms with Gasteiger partial charge in [-0.05, 0) is 27.7 Å². The van der Waals surface area contributed by atoms with E-state index in [0.29, 0.717) is 26.4 Å². The van der Waals surface area contributed by atoms with Gasteiger partial charge in [-0.15, -0.1) is 0 Å². The van der Waals surface area contributed by atoms with E-state index in [4.69, 9.17) is 13.8 Å². The number of esters is 2. The summed E-state index contributed by atoms with van der Waals surface area (Å²) in [5, 5.41) is 0. The Kier molecular flexibility index (Phi) is 18.0. The Bertz CT molecular complexity index is 506. The van der Waals surface area contributed by atoms with Gasteiger partial charge < -0.3 is 27.6 Å². The van der Waals surface area contributed by atoms with E-state index in [9.17, 15) is 18.7 Å². The Labute approximate surface area is 167 Å². The van der Waals surface area contributed by atoms with Crippen LogP contribution in [0.15, 0.2) is 0 Å². The van der Waals surface area contributed by atoms with Crippen LogP contribution in [-0.4, -0.2) is 64.9 Å². The van der Waals surface area contributed by atoms with Crippen molar-refractivity contribution in [1.82, 2.24) is 0 Å². The number of hydrogen-bond acceptors (Lipinski definition) is 10. The first-order valence-electron chi connectivity index (χ1n) is 9.05. The minimum Gasteiger partial charge on any atom is -0.466 e. The first-order chi connectivity index (χ1) is 13.2. The Balaban J connectivity index is 0. The van der Waals surface area contributed by atoms with Gasteiger partial charge >= 0.3 is 27.1 Å². The molecule has 0 N–H and O–H groups in total. The molecule has 10 nitrogen and oxygen atoms in total. The lowest BCUT2D eigenvalue weighted by Gasteiger charge is -2.16. The highest BCUT2D eigenvalue weighted by atomic mass is 31.2. The minimum absolute atomic E-state index is 0.0484. The van der Waals surface area contributed by atoms with E-state index in [1.807, 2.05) is 0 Å². The standard InChI is InChI=1S/C9H19O5P.C7H15O5P/c1-4-12-9(10)7-8-15(11,13-5-2)14-6-3;1-4-12-7(8)5-6-13(9,10-2)11-3/h4-8H2,1-3H3;4-6H2,1-3H3. The average Bonchev–Trinajstić information content (AvgIpc) is 2.66. The van der Waals surface area contributed by atoms with Crippen LogP contribution in [0.5, 0.6) is 0 Å². The molecule has 28 heavy (non-hydrogen) atoms. The second kappa shape index (κ2) is 17.1. The Morgan fingerprint density at radius 2 is 1.00 bits per heavy atom. The van der Waals surface area contributed by atoms with E-state index >= 15 is 0 Å². The van der Waals surface area contributed by atoms with Gasteiger partial charge in [0.25, 0.3) is 0 Å². The van der Waals surface area contributed by atoms with Crippen LogP contribution in [-0.2, 0) is 46.3 Å². The van der Waals surface area contributed by atoms with Crippen LogP contribution >= 0.6 is 15.2 Å². The minimum atomic E-state index is -3.10. The Morgan fingerprint density at radius 1 is 0.643 bits per heavy atom. The van der Waals surface area contributed by atoms with Crippen molar-refractivity contribution < 1.29 is 46.3 Å². The summed E-state index contributed by atoms with van der Waals surface area (Å²) in [7, 11) is -3.58. The topological polar surface area (TPSA) is 124 Å². The van der Waals surface area contributed by atoms with Crippen molar-refractivity contribution in [2.24, 2.45) is 0 Å². The third kappa shape index (κ3) is 15.2. The van der Waals surface area contributed by atoms with Gasteiger partial charge in [-0.2, -0.15) is 0 Å². The monoisotopic (exact) mass is 448 g/mol. The van der Waals surface area contributed by atoms with Crippen LogP contribution in [0, 0.1) is 0 Å². The van der Waals surface area contributed by atoms with Gasteiger partial charge in [-0.1, -0.05) is 0 Å². The SMILES string of the molecule is CCOC(=O)CCP(=O)(OC)OC.CCOC(=O)CCP(=O)(OCC)OCC. The maximum absolute atomic E-state index is 11.9. The molecule has 0 aromatic heterocycles. The summed E-state index contributed by atoms with van der Waals surface area (Å²) in [6, 6.07) is 0. The summed E-state index contributed by atoms with van der Waals surface area (Å²) < 4.78 is 52.0. The summed E-state index contributed by atoms with van der Waals surface area (Å²) in [6.07, 6.45) is 0.240. The second-order valence-electron chi connectivity index (χ2n) is 4.98. The largest absolute Gasteiger partial charge is 0.466 e. The lowest BCUT2D eigenvalue weighted by molar-refractivity contribution is -0.143. The molecule has 0 atom stereocenters. The van der Waals surface area contributed by atoms with Crippen molar-refractivity contribution in [3.05, 3.63) is 0 Å². The number of hydrogen-bond donors (Lipinski definition) is 0. The summed E-state index contributed by atoms with van der Waals surface area (Å²) in [4.78, 5) is 21.9. The van der Waals surface area contributed by atoms with Gasteiger partial charge in [0, 0.05) is 14.2 Å².